The first-order chi connectivity index (χ1) is 6.93. The van der Waals surface area contributed by atoms with Crippen LogP contribution in [0.25, 0.3) is 0 Å². The van der Waals surface area contributed by atoms with E-state index < -0.39 is 18.6 Å². The topological polar surface area (TPSA) is 37.3 Å². The smallest absolute Gasteiger partial charge is 0.343 e. The molecule has 82 valence electrons. The van der Waals surface area contributed by atoms with E-state index in [-0.39, 0.29) is 14.7 Å². The van der Waals surface area contributed by atoms with Gasteiger partial charge < -0.3 is 5.11 Å². The first kappa shape index (κ1) is 12.3. The van der Waals surface area contributed by atoms with Crippen molar-refractivity contribution in [1.82, 2.24) is 0 Å². The van der Waals surface area contributed by atoms with Crippen molar-refractivity contribution in [2.45, 2.75) is 12.6 Å². The molecule has 1 aromatic carbocycles. The summed E-state index contributed by atoms with van der Waals surface area (Å²) in [6, 6.07) is 3.21. The number of hydrogen-bond donors (Lipinski definition) is 1. The van der Waals surface area contributed by atoms with E-state index in [1.807, 2.05) is 0 Å². The van der Waals surface area contributed by atoms with Gasteiger partial charge in [-0.05, 0) is 34.2 Å². The fourth-order valence-electron chi connectivity index (χ4n) is 1.02. The SMILES string of the molecule is O=C(O)C(F)c1ccc(C(F)F)c(I)c1. The summed E-state index contributed by atoms with van der Waals surface area (Å²) < 4.78 is 37.7. The Bertz CT molecular complexity index is 382. The van der Waals surface area contributed by atoms with Crippen LogP contribution in [0, 0.1) is 3.57 Å². The normalized spacial score (nSPS) is 12.9. The number of carboxylic acid groups (broad SMARTS) is 1. The van der Waals surface area contributed by atoms with Crippen molar-refractivity contribution in [3.63, 3.8) is 0 Å². The van der Waals surface area contributed by atoms with Crippen molar-refractivity contribution in [2.24, 2.45) is 0 Å². The Morgan fingerprint density at radius 3 is 2.33 bits per heavy atom. The van der Waals surface area contributed by atoms with Crippen molar-refractivity contribution in [2.75, 3.05) is 0 Å². The molecule has 0 fully saturated rings. The molecule has 0 aliphatic carbocycles. The molecule has 0 saturated heterocycles. The average molecular weight is 330 g/mol. The second-order valence-corrected chi connectivity index (χ2v) is 3.94. The molecular weight excluding hydrogens is 324 g/mol. The van der Waals surface area contributed by atoms with Gasteiger partial charge in [-0.15, -0.1) is 0 Å². The lowest BCUT2D eigenvalue weighted by molar-refractivity contribution is -0.143. The molecule has 2 nitrogen and oxygen atoms in total. The molecule has 15 heavy (non-hydrogen) atoms. The number of aliphatic carboxylic acids is 1. The monoisotopic (exact) mass is 330 g/mol. The zero-order valence-electron chi connectivity index (χ0n) is 7.25. The van der Waals surface area contributed by atoms with Crippen LogP contribution in [0.3, 0.4) is 0 Å². The predicted octanol–water partition coefficient (Wildman–Crippen LogP) is 3.32. The summed E-state index contributed by atoms with van der Waals surface area (Å²) in [6.45, 7) is 0. The summed E-state index contributed by atoms with van der Waals surface area (Å²) in [5, 5.41) is 8.38. The minimum Gasteiger partial charge on any atom is -0.479 e. The Kier molecular flexibility index (Phi) is 3.95. The van der Waals surface area contributed by atoms with Crippen LogP contribution in [0.1, 0.15) is 23.7 Å². The number of alkyl halides is 3. The van der Waals surface area contributed by atoms with Gasteiger partial charge in [0.05, 0.1) is 0 Å². The molecule has 1 aromatic rings. The zero-order chi connectivity index (χ0) is 11.6. The summed E-state index contributed by atoms with van der Waals surface area (Å²) in [5.74, 6) is -1.63. The van der Waals surface area contributed by atoms with Crippen LogP contribution >= 0.6 is 22.6 Å². The van der Waals surface area contributed by atoms with Crippen molar-refractivity contribution >= 4 is 28.6 Å². The standard InChI is InChI=1S/C9H6F3IO2/c10-7(9(14)15)4-1-2-5(8(11)12)6(13)3-4/h1-3,7-8H,(H,14,15). The van der Waals surface area contributed by atoms with Crippen molar-refractivity contribution < 1.29 is 23.1 Å². The summed E-state index contributed by atoms with van der Waals surface area (Å²) in [4.78, 5) is 10.3. The molecule has 0 bridgehead atoms. The molecule has 0 aliphatic rings. The predicted molar refractivity (Wildman–Crippen MR) is 55.6 cm³/mol. The van der Waals surface area contributed by atoms with Gasteiger partial charge >= 0.3 is 5.97 Å². The summed E-state index contributed by atoms with van der Waals surface area (Å²) in [6.07, 6.45) is -4.82. The van der Waals surface area contributed by atoms with Gasteiger partial charge in [-0.25, -0.2) is 18.0 Å². The Morgan fingerprint density at radius 2 is 1.93 bits per heavy atom. The van der Waals surface area contributed by atoms with Gasteiger partial charge in [-0.1, -0.05) is 12.1 Å². The van der Waals surface area contributed by atoms with E-state index in [2.05, 4.69) is 0 Å². The minimum absolute atomic E-state index is 0.128. The number of carboxylic acids is 1. The van der Waals surface area contributed by atoms with E-state index in [9.17, 15) is 18.0 Å². The highest BCUT2D eigenvalue weighted by molar-refractivity contribution is 14.1. The van der Waals surface area contributed by atoms with Crippen LogP contribution in [0.15, 0.2) is 18.2 Å². The van der Waals surface area contributed by atoms with Gasteiger partial charge in [-0.3, -0.25) is 0 Å². The number of benzene rings is 1. The molecule has 1 rings (SSSR count). The largest absolute Gasteiger partial charge is 0.479 e. The average Bonchev–Trinajstić information content (AvgIpc) is 2.15. The lowest BCUT2D eigenvalue weighted by Crippen LogP contribution is -2.06. The molecule has 0 spiro atoms. The Labute approximate surface area is 97.2 Å². The molecular formula is C9H6F3IO2. The second-order valence-electron chi connectivity index (χ2n) is 2.78. The van der Waals surface area contributed by atoms with Gasteiger partial charge in [0.15, 0.2) is 0 Å². The van der Waals surface area contributed by atoms with Crippen molar-refractivity contribution in [1.29, 1.82) is 0 Å². The van der Waals surface area contributed by atoms with E-state index in [0.717, 1.165) is 18.2 Å². The maximum atomic E-state index is 13.0. The Morgan fingerprint density at radius 1 is 1.33 bits per heavy atom. The van der Waals surface area contributed by atoms with E-state index in [1.165, 1.54) is 0 Å². The molecule has 0 aromatic heterocycles. The van der Waals surface area contributed by atoms with Gasteiger partial charge in [0.1, 0.15) is 0 Å². The summed E-state index contributed by atoms with van der Waals surface area (Å²) in [7, 11) is 0. The molecule has 0 heterocycles. The van der Waals surface area contributed by atoms with Crippen molar-refractivity contribution in [3.05, 3.63) is 32.9 Å². The molecule has 1 unspecified atom stereocenters. The maximum Gasteiger partial charge on any atom is 0.343 e. The van der Waals surface area contributed by atoms with Gasteiger partial charge in [0.25, 0.3) is 6.43 Å². The third-order valence-electron chi connectivity index (χ3n) is 1.77. The van der Waals surface area contributed by atoms with Crippen LogP contribution < -0.4 is 0 Å². The van der Waals surface area contributed by atoms with Gasteiger partial charge in [0.2, 0.25) is 6.17 Å². The summed E-state index contributed by atoms with van der Waals surface area (Å²) in [5.41, 5.74) is -0.353. The Balaban J connectivity index is 3.06. The van der Waals surface area contributed by atoms with E-state index in [0.29, 0.717) is 0 Å². The van der Waals surface area contributed by atoms with Crippen LogP contribution in [-0.4, -0.2) is 11.1 Å². The lowest BCUT2D eigenvalue weighted by atomic mass is 10.1. The summed E-state index contributed by atoms with van der Waals surface area (Å²) >= 11 is 1.62. The van der Waals surface area contributed by atoms with E-state index >= 15 is 0 Å². The van der Waals surface area contributed by atoms with Crippen LogP contribution in [0.2, 0.25) is 0 Å². The van der Waals surface area contributed by atoms with E-state index in [1.54, 1.807) is 22.6 Å². The molecule has 1 N–H and O–H groups in total. The molecule has 1 atom stereocenters. The van der Waals surface area contributed by atoms with Crippen molar-refractivity contribution in [3.8, 4) is 0 Å². The Hall–Kier alpha value is -0.790. The maximum absolute atomic E-state index is 13.0. The zero-order valence-corrected chi connectivity index (χ0v) is 9.41. The second kappa shape index (κ2) is 4.82. The lowest BCUT2D eigenvalue weighted by Gasteiger charge is -2.07. The van der Waals surface area contributed by atoms with Crippen LogP contribution in [0.5, 0.6) is 0 Å². The highest BCUT2D eigenvalue weighted by Gasteiger charge is 2.20. The first-order valence-corrected chi connectivity index (χ1v) is 4.95. The van der Waals surface area contributed by atoms with Gasteiger partial charge in [-0.2, -0.15) is 0 Å². The molecule has 6 heteroatoms. The first-order valence-electron chi connectivity index (χ1n) is 3.88. The number of halogens is 4. The molecule has 0 radical (unpaired) electrons. The highest BCUT2D eigenvalue weighted by atomic mass is 127. The molecule has 0 saturated carbocycles. The number of carbonyl (C=O) groups is 1. The van der Waals surface area contributed by atoms with Crippen LogP contribution in [-0.2, 0) is 4.79 Å². The third-order valence-corrected chi connectivity index (χ3v) is 2.70. The fourth-order valence-corrected chi connectivity index (χ4v) is 1.80. The third kappa shape index (κ3) is 2.83. The minimum atomic E-state index is -2.64. The van der Waals surface area contributed by atoms with Gasteiger partial charge in [0, 0.05) is 9.13 Å². The molecule has 0 aliphatic heterocycles. The number of hydrogen-bond acceptors (Lipinski definition) is 1. The highest BCUT2D eigenvalue weighted by Crippen LogP contribution is 2.28. The van der Waals surface area contributed by atoms with Crippen LogP contribution in [0.4, 0.5) is 13.2 Å². The fraction of sp³-hybridized carbons (Fsp3) is 0.222. The quantitative estimate of drug-likeness (QED) is 0.864. The number of rotatable bonds is 3. The molecule has 0 amide bonds. The van der Waals surface area contributed by atoms with E-state index in [4.69, 9.17) is 5.11 Å².